The second-order valence-corrected chi connectivity index (χ2v) is 9.23. The zero-order valence-electron chi connectivity index (χ0n) is 21.2. The lowest BCUT2D eigenvalue weighted by Gasteiger charge is -2.23. The highest BCUT2D eigenvalue weighted by molar-refractivity contribution is 5.84. The number of amides is 1. The monoisotopic (exact) mass is 495 g/mol. The van der Waals surface area contributed by atoms with Gasteiger partial charge in [0.25, 0.3) is 0 Å². The highest BCUT2D eigenvalue weighted by Crippen LogP contribution is 2.28. The fraction of sp³-hybridized carbons (Fsp3) is 0.538. The van der Waals surface area contributed by atoms with Crippen molar-refractivity contribution in [3.8, 4) is 5.75 Å². The highest BCUT2D eigenvalue weighted by atomic mass is 16.5. The maximum Gasteiger partial charge on any atom is 0.231 e. The van der Waals surface area contributed by atoms with Crippen molar-refractivity contribution < 1.29 is 14.3 Å². The lowest BCUT2D eigenvalue weighted by molar-refractivity contribution is -0.121. The molecule has 3 aromatic rings. The van der Waals surface area contributed by atoms with Crippen LogP contribution in [0.2, 0.25) is 0 Å². The van der Waals surface area contributed by atoms with Gasteiger partial charge in [-0.1, -0.05) is 19.3 Å². The molecule has 1 aromatic carbocycles. The normalized spacial score (nSPS) is 14.1. The molecule has 0 spiro atoms. The lowest BCUT2D eigenvalue weighted by Crippen LogP contribution is -2.25. The number of nitrogens with zero attached hydrogens (tertiary/aromatic N) is 3. The van der Waals surface area contributed by atoms with Crippen molar-refractivity contribution in [2.24, 2.45) is 0 Å². The van der Waals surface area contributed by atoms with E-state index in [1.54, 1.807) is 13.4 Å². The fourth-order valence-corrected chi connectivity index (χ4v) is 4.35. The Balaban J connectivity index is 1.29. The van der Waals surface area contributed by atoms with Crippen LogP contribution in [0.1, 0.15) is 56.9 Å². The molecule has 4 N–H and O–H groups in total. The van der Waals surface area contributed by atoms with E-state index in [9.17, 15) is 4.79 Å². The molecular formula is C26H37N7O3. The summed E-state index contributed by atoms with van der Waals surface area (Å²) in [5.74, 6) is 2.13. The Bertz CT molecular complexity index is 1130. The van der Waals surface area contributed by atoms with Gasteiger partial charge in [0.05, 0.1) is 19.5 Å². The summed E-state index contributed by atoms with van der Waals surface area (Å²) in [6.45, 7) is 3.71. The first-order chi connectivity index (χ1) is 17.6. The molecule has 10 heteroatoms. The number of carbonyl (C=O) groups is 1. The Kier molecular flexibility index (Phi) is 9.32. The predicted molar refractivity (Wildman–Crippen MR) is 141 cm³/mol. The molecular weight excluding hydrogens is 458 g/mol. The number of hydrogen-bond donors (Lipinski definition) is 4. The number of hydrogen-bond acceptors (Lipinski definition) is 8. The average Bonchev–Trinajstić information content (AvgIpc) is 3.36. The second-order valence-electron chi connectivity index (χ2n) is 9.23. The number of fused-ring (bicyclic) bond motifs is 1. The van der Waals surface area contributed by atoms with Crippen LogP contribution in [-0.4, -0.2) is 58.8 Å². The summed E-state index contributed by atoms with van der Waals surface area (Å²) in [6, 6.07) is 6.35. The summed E-state index contributed by atoms with van der Waals surface area (Å²) in [4.78, 5) is 28.4. The maximum atomic E-state index is 11.6. The minimum atomic E-state index is 0.0174. The zero-order valence-corrected chi connectivity index (χ0v) is 21.2. The summed E-state index contributed by atoms with van der Waals surface area (Å²) in [6.07, 6.45) is 9.89. The molecule has 1 amide bonds. The topological polar surface area (TPSA) is 126 Å². The number of rotatable bonds is 13. The molecule has 1 aliphatic rings. The Morgan fingerprint density at radius 2 is 2.00 bits per heavy atom. The van der Waals surface area contributed by atoms with E-state index in [4.69, 9.17) is 14.5 Å². The number of ether oxygens (including phenoxy) is 2. The van der Waals surface area contributed by atoms with Crippen molar-refractivity contribution >= 4 is 34.5 Å². The molecule has 0 bridgehead atoms. The molecule has 2 aromatic heterocycles. The number of anilines is 3. The minimum Gasteiger partial charge on any atom is -0.494 e. The van der Waals surface area contributed by atoms with Crippen LogP contribution in [0, 0.1) is 6.92 Å². The van der Waals surface area contributed by atoms with E-state index in [2.05, 4.69) is 30.9 Å². The molecule has 1 fully saturated rings. The van der Waals surface area contributed by atoms with Gasteiger partial charge in [0.15, 0.2) is 11.5 Å². The van der Waals surface area contributed by atoms with Gasteiger partial charge >= 0.3 is 0 Å². The molecule has 0 atom stereocenters. The number of aromatic nitrogens is 4. The van der Waals surface area contributed by atoms with Crippen LogP contribution in [0.25, 0.3) is 11.2 Å². The Morgan fingerprint density at radius 3 is 2.81 bits per heavy atom. The molecule has 0 saturated heterocycles. The Morgan fingerprint density at radius 1 is 1.14 bits per heavy atom. The van der Waals surface area contributed by atoms with Gasteiger partial charge < -0.3 is 30.4 Å². The van der Waals surface area contributed by atoms with Gasteiger partial charge in [0, 0.05) is 31.8 Å². The third kappa shape index (κ3) is 7.30. The number of methoxy groups -OCH3 is 1. The van der Waals surface area contributed by atoms with Gasteiger partial charge in [-0.05, 0) is 56.4 Å². The van der Waals surface area contributed by atoms with E-state index in [0.717, 1.165) is 54.0 Å². The van der Waals surface area contributed by atoms with Gasteiger partial charge in [0.2, 0.25) is 11.9 Å². The Labute approximate surface area is 212 Å². The van der Waals surface area contributed by atoms with Crippen LogP contribution < -0.4 is 20.7 Å². The number of carbonyl (C=O) groups excluding carboxylic acids is 1. The molecule has 10 nitrogen and oxygen atoms in total. The van der Waals surface area contributed by atoms with Crippen molar-refractivity contribution in [1.29, 1.82) is 0 Å². The van der Waals surface area contributed by atoms with E-state index in [1.807, 2.05) is 25.1 Å². The number of benzene rings is 1. The van der Waals surface area contributed by atoms with E-state index in [-0.39, 0.29) is 5.91 Å². The number of aryl methyl sites for hydroxylation is 1. The van der Waals surface area contributed by atoms with Gasteiger partial charge in [-0.2, -0.15) is 9.97 Å². The van der Waals surface area contributed by atoms with Crippen molar-refractivity contribution in [2.75, 3.05) is 37.5 Å². The van der Waals surface area contributed by atoms with Gasteiger partial charge in [0.1, 0.15) is 11.3 Å². The van der Waals surface area contributed by atoms with Crippen molar-refractivity contribution in [3.63, 3.8) is 0 Å². The molecule has 36 heavy (non-hydrogen) atoms. The van der Waals surface area contributed by atoms with Gasteiger partial charge in [-0.3, -0.25) is 4.79 Å². The van der Waals surface area contributed by atoms with Crippen LogP contribution in [0.3, 0.4) is 0 Å². The van der Waals surface area contributed by atoms with E-state index in [1.165, 1.54) is 19.3 Å². The largest absolute Gasteiger partial charge is 0.494 e. The van der Waals surface area contributed by atoms with Crippen LogP contribution in [0.5, 0.6) is 5.75 Å². The van der Waals surface area contributed by atoms with Gasteiger partial charge in [-0.15, -0.1) is 0 Å². The fourth-order valence-electron chi connectivity index (χ4n) is 4.35. The number of unbranched alkanes of at least 4 members (excludes halogenated alkanes) is 1. The van der Waals surface area contributed by atoms with Crippen LogP contribution in [0.4, 0.5) is 17.5 Å². The third-order valence-corrected chi connectivity index (χ3v) is 6.37. The van der Waals surface area contributed by atoms with Crippen LogP contribution >= 0.6 is 0 Å². The van der Waals surface area contributed by atoms with Crippen LogP contribution in [0.15, 0.2) is 24.5 Å². The molecule has 1 saturated carbocycles. The van der Waals surface area contributed by atoms with Gasteiger partial charge in [-0.25, -0.2) is 4.98 Å². The zero-order chi connectivity index (χ0) is 25.2. The van der Waals surface area contributed by atoms with E-state index < -0.39 is 0 Å². The summed E-state index contributed by atoms with van der Waals surface area (Å²) < 4.78 is 10.8. The molecule has 194 valence electrons. The SMILES string of the molecule is COCCC(=O)NCCCCOc1ccc(Nc2nc(NC3CCCCC3)c3[nH]cnc3n2)c(C)c1. The lowest BCUT2D eigenvalue weighted by atomic mass is 9.95. The highest BCUT2D eigenvalue weighted by Gasteiger charge is 2.17. The molecule has 0 aliphatic heterocycles. The van der Waals surface area contributed by atoms with E-state index in [0.29, 0.717) is 43.8 Å². The molecule has 0 unspecified atom stereocenters. The van der Waals surface area contributed by atoms with Crippen LogP contribution in [-0.2, 0) is 9.53 Å². The third-order valence-electron chi connectivity index (χ3n) is 6.37. The first-order valence-corrected chi connectivity index (χ1v) is 12.9. The first kappa shape index (κ1) is 25.7. The summed E-state index contributed by atoms with van der Waals surface area (Å²) in [7, 11) is 1.59. The standard InChI is InChI=1S/C26H37N7O3/c1-18-16-20(36-14-7-6-13-27-22(34)12-15-35-2)10-11-21(18)31-26-32-24-23(28-17-29-24)25(33-26)30-19-8-4-3-5-9-19/h10-11,16-17,19H,3-9,12-15H2,1-2H3,(H,27,34)(H3,28,29,30,31,32,33). The van der Waals surface area contributed by atoms with Crippen molar-refractivity contribution in [1.82, 2.24) is 25.3 Å². The smallest absolute Gasteiger partial charge is 0.231 e. The number of nitrogens with one attached hydrogen (secondary N) is 4. The number of H-pyrrole nitrogens is 1. The molecule has 1 aliphatic carbocycles. The summed E-state index contributed by atoms with van der Waals surface area (Å²) in [5.41, 5.74) is 3.42. The quantitative estimate of drug-likeness (QED) is 0.256. The van der Waals surface area contributed by atoms with Crippen molar-refractivity contribution in [3.05, 3.63) is 30.1 Å². The second kappa shape index (κ2) is 13.1. The summed E-state index contributed by atoms with van der Waals surface area (Å²) >= 11 is 0. The first-order valence-electron chi connectivity index (χ1n) is 12.9. The molecule has 4 rings (SSSR count). The number of imidazole rings is 1. The Hall–Kier alpha value is -3.40. The molecule has 0 radical (unpaired) electrons. The maximum absolute atomic E-state index is 11.6. The van der Waals surface area contributed by atoms with E-state index >= 15 is 0 Å². The van der Waals surface area contributed by atoms with Crippen molar-refractivity contribution in [2.45, 2.75) is 64.3 Å². The average molecular weight is 496 g/mol. The number of aromatic amines is 1. The summed E-state index contributed by atoms with van der Waals surface area (Å²) in [5, 5.41) is 9.84. The minimum absolute atomic E-state index is 0.0174. The molecule has 2 heterocycles. The predicted octanol–water partition coefficient (Wildman–Crippen LogP) is 4.46.